The van der Waals surface area contributed by atoms with E-state index in [1.54, 1.807) is 0 Å². The summed E-state index contributed by atoms with van der Waals surface area (Å²) in [5.41, 5.74) is 1.19. The van der Waals surface area contributed by atoms with Gasteiger partial charge in [0, 0.05) is 23.5 Å². The van der Waals surface area contributed by atoms with E-state index >= 15 is 0 Å². The first-order chi connectivity index (χ1) is 7.09. The highest BCUT2D eigenvalue weighted by atomic mass is 35.5. The van der Waals surface area contributed by atoms with Gasteiger partial charge in [0.25, 0.3) is 0 Å². The number of halogens is 2. The lowest BCUT2D eigenvalue weighted by atomic mass is 10.1. The van der Waals surface area contributed by atoms with Crippen LogP contribution in [0, 0.1) is 5.92 Å². The van der Waals surface area contributed by atoms with Gasteiger partial charge in [-0.2, -0.15) is 0 Å². The molecule has 0 radical (unpaired) electrons. The molecule has 0 saturated heterocycles. The number of hydrogen-bond acceptors (Lipinski definition) is 1. The van der Waals surface area contributed by atoms with Crippen molar-refractivity contribution in [3.8, 4) is 0 Å². The third-order valence-corrected chi connectivity index (χ3v) is 3.17. The van der Waals surface area contributed by atoms with Gasteiger partial charge in [-0.15, -0.1) is 11.6 Å². The molecule has 0 fully saturated rings. The van der Waals surface area contributed by atoms with Gasteiger partial charge in [0.15, 0.2) is 0 Å². The van der Waals surface area contributed by atoms with E-state index < -0.39 is 0 Å². The Labute approximate surface area is 102 Å². The zero-order chi connectivity index (χ0) is 11.3. The number of nitrogens with one attached hydrogen (secondary N) is 1. The molecule has 1 aromatic carbocycles. The lowest BCUT2D eigenvalue weighted by molar-refractivity contribution is 0.546. The predicted molar refractivity (Wildman–Crippen MR) is 67.6 cm³/mol. The highest BCUT2D eigenvalue weighted by molar-refractivity contribution is 6.30. The topological polar surface area (TPSA) is 12.0 Å². The van der Waals surface area contributed by atoms with Crippen molar-refractivity contribution >= 4 is 23.2 Å². The second-order valence-corrected chi connectivity index (χ2v) is 5.02. The molecule has 0 bridgehead atoms. The van der Waals surface area contributed by atoms with Gasteiger partial charge >= 0.3 is 0 Å². The van der Waals surface area contributed by atoms with Crippen LogP contribution in [-0.4, -0.2) is 11.9 Å². The van der Waals surface area contributed by atoms with Gasteiger partial charge in [0.05, 0.1) is 0 Å². The summed E-state index contributed by atoms with van der Waals surface area (Å²) in [6.07, 6.45) is 0. The molecular weight excluding hydrogens is 229 g/mol. The first-order valence-corrected chi connectivity index (χ1v) is 6.00. The highest BCUT2D eigenvalue weighted by Crippen LogP contribution is 2.11. The summed E-state index contributed by atoms with van der Waals surface area (Å²) < 4.78 is 0. The van der Waals surface area contributed by atoms with Crippen molar-refractivity contribution in [3.63, 3.8) is 0 Å². The normalized spacial score (nSPS) is 13.1. The summed E-state index contributed by atoms with van der Waals surface area (Å²) in [4.78, 5) is 0. The molecule has 0 aromatic heterocycles. The van der Waals surface area contributed by atoms with E-state index in [4.69, 9.17) is 23.2 Å². The van der Waals surface area contributed by atoms with Gasteiger partial charge in [-0.1, -0.05) is 37.6 Å². The fraction of sp³-hybridized carbons (Fsp3) is 0.500. The molecule has 1 rings (SSSR count). The summed E-state index contributed by atoms with van der Waals surface area (Å²) in [5.74, 6) is 0.499. The second kappa shape index (κ2) is 6.37. The molecule has 1 atom stereocenters. The largest absolute Gasteiger partial charge is 0.311 e. The molecule has 84 valence electrons. The molecule has 0 aliphatic carbocycles. The van der Waals surface area contributed by atoms with Gasteiger partial charge < -0.3 is 5.32 Å². The summed E-state index contributed by atoms with van der Waals surface area (Å²) in [6, 6.07) is 7.86. The monoisotopic (exact) mass is 245 g/mol. The maximum absolute atomic E-state index is 6.12. The fourth-order valence-electron chi connectivity index (χ4n) is 1.24. The van der Waals surface area contributed by atoms with Crippen LogP contribution in [0.2, 0.25) is 5.02 Å². The van der Waals surface area contributed by atoms with Gasteiger partial charge in [-0.3, -0.25) is 0 Å². The van der Waals surface area contributed by atoms with E-state index in [0.29, 0.717) is 5.92 Å². The Morgan fingerprint density at radius 3 is 2.67 bits per heavy atom. The van der Waals surface area contributed by atoms with Gasteiger partial charge in [0.1, 0.15) is 0 Å². The average Bonchev–Trinajstić information content (AvgIpc) is 2.17. The van der Waals surface area contributed by atoms with E-state index in [1.807, 2.05) is 18.2 Å². The molecule has 15 heavy (non-hydrogen) atoms. The van der Waals surface area contributed by atoms with Crippen molar-refractivity contribution in [3.05, 3.63) is 34.9 Å². The van der Waals surface area contributed by atoms with Crippen LogP contribution in [0.3, 0.4) is 0 Å². The van der Waals surface area contributed by atoms with Crippen LogP contribution in [0.5, 0.6) is 0 Å². The van der Waals surface area contributed by atoms with Crippen molar-refractivity contribution in [1.82, 2.24) is 5.32 Å². The number of benzene rings is 1. The number of hydrogen-bond donors (Lipinski definition) is 1. The molecule has 0 spiro atoms. The Morgan fingerprint density at radius 1 is 1.33 bits per heavy atom. The van der Waals surface area contributed by atoms with Crippen molar-refractivity contribution in [2.24, 2.45) is 5.92 Å². The molecule has 1 aromatic rings. The van der Waals surface area contributed by atoms with E-state index in [9.17, 15) is 0 Å². The zero-order valence-electron chi connectivity index (χ0n) is 9.13. The molecule has 0 aliphatic rings. The van der Waals surface area contributed by atoms with E-state index in [-0.39, 0.29) is 5.38 Å². The lowest BCUT2D eigenvalue weighted by Crippen LogP contribution is -2.26. The van der Waals surface area contributed by atoms with Crippen LogP contribution in [0.1, 0.15) is 19.4 Å². The lowest BCUT2D eigenvalue weighted by Gasteiger charge is -2.14. The summed E-state index contributed by atoms with van der Waals surface area (Å²) >= 11 is 12.0. The molecule has 0 amide bonds. The molecule has 1 N–H and O–H groups in total. The minimum Gasteiger partial charge on any atom is -0.311 e. The maximum atomic E-state index is 6.12. The van der Waals surface area contributed by atoms with Crippen LogP contribution in [0.4, 0.5) is 0 Å². The highest BCUT2D eigenvalue weighted by Gasteiger charge is 2.08. The van der Waals surface area contributed by atoms with E-state index in [0.717, 1.165) is 18.1 Å². The smallest absolute Gasteiger partial charge is 0.0483 e. The minimum absolute atomic E-state index is 0.184. The summed E-state index contributed by atoms with van der Waals surface area (Å²) in [5, 5.41) is 4.28. The van der Waals surface area contributed by atoms with Gasteiger partial charge in [0.2, 0.25) is 0 Å². The molecule has 1 nitrogen and oxygen atoms in total. The van der Waals surface area contributed by atoms with E-state index in [2.05, 4.69) is 25.2 Å². The predicted octanol–water partition coefficient (Wildman–Crippen LogP) is 3.69. The van der Waals surface area contributed by atoms with Crippen LogP contribution >= 0.6 is 23.2 Å². The Kier molecular flexibility index (Phi) is 5.44. The second-order valence-electron chi connectivity index (χ2n) is 4.02. The fourth-order valence-corrected chi connectivity index (χ4v) is 1.56. The van der Waals surface area contributed by atoms with Crippen LogP contribution in [0.15, 0.2) is 24.3 Å². The Hall–Kier alpha value is -0.240. The molecule has 0 heterocycles. The first kappa shape index (κ1) is 12.8. The standard InChI is InChI=1S/C12H17Cl2N/c1-9(2)12(14)8-15-7-10-4-3-5-11(13)6-10/h3-6,9,12,15H,7-8H2,1-2H3. The molecule has 3 heteroatoms. The zero-order valence-corrected chi connectivity index (χ0v) is 10.6. The van der Waals surface area contributed by atoms with Crippen LogP contribution in [0.25, 0.3) is 0 Å². The third kappa shape index (κ3) is 4.87. The Balaban J connectivity index is 2.32. The van der Waals surface area contributed by atoms with Crippen LogP contribution in [-0.2, 0) is 6.54 Å². The van der Waals surface area contributed by atoms with Gasteiger partial charge in [-0.05, 0) is 23.6 Å². The quantitative estimate of drug-likeness (QED) is 0.781. The number of alkyl halides is 1. The molecule has 1 unspecified atom stereocenters. The first-order valence-electron chi connectivity index (χ1n) is 5.19. The van der Waals surface area contributed by atoms with Crippen molar-refractivity contribution in [2.45, 2.75) is 25.8 Å². The Morgan fingerprint density at radius 2 is 2.07 bits per heavy atom. The van der Waals surface area contributed by atoms with E-state index in [1.165, 1.54) is 5.56 Å². The van der Waals surface area contributed by atoms with Crippen molar-refractivity contribution in [2.75, 3.05) is 6.54 Å². The number of rotatable bonds is 5. The Bertz CT molecular complexity index is 299. The summed E-state index contributed by atoms with van der Waals surface area (Å²) in [6.45, 7) is 5.89. The molecular formula is C12H17Cl2N. The maximum Gasteiger partial charge on any atom is 0.0483 e. The van der Waals surface area contributed by atoms with Crippen LogP contribution < -0.4 is 5.32 Å². The molecule has 0 aliphatic heterocycles. The minimum atomic E-state index is 0.184. The molecule has 0 saturated carbocycles. The van der Waals surface area contributed by atoms with Gasteiger partial charge in [-0.25, -0.2) is 0 Å². The third-order valence-electron chi connectivity index (χ3n) is 2.28. The SMILES string of the molecule is CC(C)C(Cl)CNCc1cccc(Cl)c1. The van der Waals surface area contributed by atoms with Crippen molar-refractivity contribution in [1.29, 1.82) is 0 Å². The average molecular weight is 246 g/mol. The summed E-state index contributed by atoms with van der Waals surface area (Å²) in [7, 11) is 0. The van der Waals surface area contributed by atoms with Crippen molar-refractivity contribution < 1.29 is 0 Å².